The van der Waals surface area contributed by atoms with Gasteiger partial charge in [-0.2, -0.15) is 12.6 Å². The highest BCUT2D eigenvalue weighted by molar-refractivity contribution is 7.80. The monoisotopic (exact) mass is 144 g/mol. The first-order valence-electron chi connectivity index (χ1n) is 4.01. The largest absolute Gasteiger partial charge is 0.176 e. The maximum Gasteiger partial charge on any atom is 0.00170 e. The molecule has 1 heteroatoms. The summed E-state index contributed by atoms with van der Waals surface area (Å²) in [6.45, 7) is 2.30. The Bertz CT molecular complexity index is 72.6. The zero-order valence-electron chi connectivity index (χ0n) is 6.14. The Labute approximate surface area is 63.4 Å². The second-order valence-corrected chi connectivity index (χ2v) is 3.81. The van der Waals surface area contributed by atoms with E-state index >= 15 is 0 Å². The first-order valence-corrected chi connectivity index (χ1v) is 4.52. The molecule has 0 aromatic carbocycles. The van der Waals surface area contributed by atoms with E-state index in [-0.39, 0.29) is 0 Å². The third-order valence-electron chi connectivity index (χ3n) is 2.39. The first kappa shape index (κ1) is 7.46. The van der Waals surface area contributed by atoms with E-state index in [2.05, 4.69) is 19.6 Å². The van der Waals surface area contributed by atoms with Gasteiger partial charge < -0.3 is 0 Å². The van der Waals surface area contributed by atoms with E-state index in [1.165, 1.54) is 32.1 Å². The van der Waals surface area contributed by atoms with Gasteiger partial charge in [0.05, 0.1) is 0 Å². The van der Waals surface area contributed by atoms with Crippen molar-refractivity contribution in [3.63, 3.8) is 0 Å². The summed E-state index contributed by atoms with van der Waals surface area (Å²) in [4.78, 5) is 0. The molecule has 1 fully saturated rings. The van der Waals surface area contributed by atoms with Crippen LogP contribution in [0.4, 0.5) is 0 Å². The van der Waals surface area contributed by atoms with Gasteiger partial charge in [0.1, 0.15) is 0 Å². The molecule has 0 spiro atoms. The maximum absolute atomic E-state index is 4.44. The van der Waals surface area contributed by atoms with Crippen LogP contribution >= 0.6 is 12.6 Å². The van der Waals surface area contributed by atoms with Crippen LogP contribution in [0.2, 0.25) is 0 Å². The molecular formula is C8H16S. The van der Waals surface area contributed by atoms with Gasteiger partial charge in [0.25, 0.3) is 0 Å². The molecule has 54 valence electrons. The fourth-order valence-electron chi connectivity index (χ4n) is 1.55. The van der Waals surface area contributed by atoms with E-state index in [9.17, 15) is 0 Å². The van der Waals surface area contributed by atoms with Crippen LogP contribution in [-0.2, 0) is 0 Å². The standard InChI is InChI=1S/C8H16S/c1-2-7-3-5-8(9)6-4-7/h7-9H,2-6H2,1H3/t7-,8+. The highest BCUT2D eigenvalue weighted by Gasteiger charge is 2.16. The summed E-state index contributed by atoms with van der Waals surface area (Å²) < 4.78 is 0. The Morgan fingerprint density at radius 1 is 1.22 bits per heavy atom. The Morgan fingerprint density at radius 3 is 2.22 bits per heavy atom. The van der Waals surface area contributed by atoms with Gasteiger partial charge in [-0.05, 0) is 31.6 Å². The third kappa shape index (κ3) is 2.21. The van der Waals surface area contributed by atoms with Gasteiger partial charge in [0.2, 0.25) is 0 Å². The molecule has 0 bridgehead atoms. The second kappa shape index (κ2) is 3.50. The van der Waals surface area contributed by atoms with Crippen LogP contribution in [0.1, 0.15) is 39.0 Å². The van der Waals surface area contributed by atoms with E-state index in [1.807, 2.05) is 0 Å². The summed E-state index contributed by atoms with van der Waals surface area (Å²) in [5, 5.41) is 0.716. The van der Waals surface area contributed by atoms with E-state index in [4.69, 9.17) is 0 Å². The Balaban J connectivity index is 2.18. The summed E-state index contributed by atoms with van der Waals surface area (Å²) in [5.74, 6) is 1.02. The van der Waals surface area contributed by atoms with Gasteiger partial charge in [-0.3, -0.25) is 0 Å². The van der Waals surface area contributed by atoms with Crippen LogP contribution in [0.5, 0.6) is 0 Å². The topological polar surface area (TPSA) is 0 Å². The number of thiol groups is 1. The fourth-order valence-corrected chi connectivity index (χ4v) is 1.85. The minimum Gasteiger partial charge on any atom is -0.176 e. The average molecular weight is 144 g/mol. The normalized spacial score (nSPS) is 36.7. The lowest BCUT2D eigenvalue weighted by molar-refractivity contribution is 0.357. The molecule has 0 unspecified atom stereocenters. The predicted molar refractivity (Wildman–Crippen MR) is 45.0 cm³/mol. The molecule has 1 saturated carbocycles. The Hall–Kier alpha value is 0.350. The minimum atomic E-state index is 0.716. The lowest BCUT2D eigenvalue weighted by Crippen LogP contribution is -2.13. The summed E-state index contributed by atoms with van der Waals surface area (Å²) in [6, 6.07) is 0. The van der Waals surface area contributed by atoms with Gasteiger partial charge >= 0.3 is 0 Å². The molecule has 0 saturated heterocycles. The molecule has 1 aliphatic carbocycles. The van der Waals surface area contributed by atoms with Crippen molar-refractivity contribution in [1.29, 1.82) is 0 Å². The molecule has 0 amide bonds. The molecule has 0 aromatic rings. The zero-order valence-corrected chi connectivity index (χ0v) is 7.03. The van der Waals surface area contributed by atoms with Crippen molar-refractivity contribution < 1.29 is 0 Å². The lowest BCUT2D eigenvalue weighted by Gasteiger charge is -2.24. The number of hydrogen-bond acceptors (Lipinski definition) is 1. The first-order chi connectivity index (χ1) is 4.33. The summed E-state index contributed by atoms with van der Waals surface area (Å²) >= 11 is 4.44. The molecule has 0 heterocycles. The summed E-state index contributed by atoms with van der Waals surface area (Å²) in [6.07, 6.45) is 6.92. The summed E-state index contributed by atoms with van der Waals surface area (Å²) in [7, 11) is 0. The van der Waals surface area contributed by atoms with E-state index < -0.39 is 0 Å². The van der Waals surface area contributed by atoms with E-state index in [1.54, 1.807) is 0 Å². The zero-order chi connectivity index (χ0) is 6.69. The molecule has 1 aliphatic rings. The molecule has 0 nitrogen and oxygen atoms in total. The van der Waals surface area contributed by atoms with Crippen LogP contribution in [-0.4, -0.2) is 5.25 Å². The summed E-state index contributed by atoms with van der Waals surface area (Å²) in [5.41, 5.74) is 0. The smallest absolute Gasteiger partial charge is 0.00170 e. The average Bonchev–Trinajstić information content (AvgIpc) is 1.90. The number of rotatable bonds is 1. The van der Waals surface area contributed by atoms with Gasteiger partial charge in [0, 0.05) is 5.25 Å². The van der Waals surface area contributed by atoms with Crippen molar-refractivity contribution >= 4 is 12.6 Å². The quantitative estimate of drug-likeness (QED) is 0.537. The molecule has 0 aliphatic heterocycles. The van der Waals surface area contributed by atoms with Crippen molar-refractivity contribution in [2.24, 2.45) is 5.92 Å². The molecular weight excluding hydrogens is 128 g/mol. The SMILES string of the molecule is CC[C@H]1CC[C@@H](S)CC1. The highest BCUT2D eigenvalue weighted by Crippen LogP contribution is 2.28. The molecule has 0 radical (unpaired) electrons. The van der Waals surface area contributed by atoms with Crippen LogP contribution in [0, 0.1) is 5.92 Å². The second-order valence-electron chi connectivity index (χ2n) is 3.08. The van der Waals surface area contributed by atoms with Crippen LogP contribution in [0.15, 0.2) is 0 Å². The van der Waals surface area contributed by atoms with Crippen molar-refractivity contribution in [3.8, 4) is 0 Å². The predicted octanol–water partition coefficient (Wildman–Crippen LogP) is 2.89. The molecule has 0 aromatic heterocycles. The molecule has 9 heavy (non-hydrogen) atoms. The Morgan fingerprint density at radius 2 is 1.78 bits per heavy atom. The third-order valence-corrected chi connectivity index (χ3v) is 2.91. The van der Waals surface area contributed by atoms with Crippen molar-refractivity contribution in [2.45, 2.75) is 44.3 Å². The van der Waals surface area contributed by atoms with Gasteiger partial charge in [-0.25, -0.2) is 0 Å². The van der Waals surface area contributed by atoms with Crippen LogP contribution in [0.25, 0.3) is 0 Å². The van der Waals surface area contributed by atoms with E-state index in [0.717, 1.165) is 5.92 Å². The fraction of sp³-hybridized carbons (Fsp3) is 1.00. The van der Waals surface area contributed by atoms with Crippen LogP contribution < -0.4 is 0 Å². The molecule has 1 rings (SSSR count). The lowest BCUT2D eigenvalue weighted by atomic mass is 9.87. The maximum atomic E-state index is 4.44. The van der Waals surface area contributed by atoms with Crippen molar-refractivity contribution in [2.75, 3.05) is 0 Å². The molecule has 0 atom stereocenters. The Kier molecular flexibility index (Phi) is 2.90. The van der Waals surface area contributed by atoms with Gasteiger partial charge in [-0.15, -0.1) is 0 Å². The molecule has 0 N–H and O–H groups in total. The number of hydrogen-bond donors (Lipinski definition) is 1. The van der Waals surface area contributed by atoms with Gasteiger partial charge in [-0.1, -0.05) is 13.3 Å². The van der Waals surface area contributed by atoms with Gasteiger partial charge in [0.15, 0.2) is 0 Å². The minimum absolute atomic E-state index is 0.716. The van der Waals surface area contributed by atoms with Crippen molar-refractivity contribution in [3.05, 3.63) is 0 Å². The van der Waals surface area contributed by atoms with Crippen LogP contribution in [0.3, 0.4) is 0 Å². The highest BCUT2D eigenvalue weighted by atomic mass is 32.1. The van der Waals surface area contributed by atoms with Crippen molar-refractivity contribution in [1.82, 2.24) is 0 Å². The van der Waals surface area contributed by atoms with E-state index in [0.29, 0.717) is 5.25 Å².